The van der Waals surface area contributed by atoms with E-state index in [9.17, 15) is 4.79 Å². The molecule has 0 bridgehead atoms. The number of nitrogens with zero attached hydrogens (tertiary/aromatic N) is 2. The third-order valence-corrected chi connectivity index (χ3v) is 3.62. The van der Waals surface area contributed by atoms with Crippen molar-refractivity contribution in [3.05, 3.63) is 47.8 Å². The first-order valence-electron chi connectivity index (χ1n) is 6.89. The Bertz CT molecular complexity index is 620. The third-order valence-electron chi connectivity index (χ3n) is 3.62. The number of fused-ring (bicyclic) bond motifs is 1. The molecular weight excluding hydrogens is 252 g/mol. The fourth-order valence-electron chi connectivity index (χ4n) is 2.47. The summed E-state index contributed by atoms with van der Waals surface area (Å²) < 4.78 is 1.79. The summed E-state index contributed by atoms with van der Waals surface area (Å²) in [7, 11) is 0. The van der Waals surface area contributed by atoms with Gasteiger partial charge in [-0.25, -0.2) is 0 Å². The van der Waals surface area contributed by atoms with Gasteiger partial charge in [-0.3, -0.25) is 9.48 Å². The smallest absolute Gasteiger partial charge is 0.241 e. The number of anilines is 1. The SMILES string of the molecule is CCn1cc(NC(=O)[C@H]2Cc3ccccc3CN2)cn1. The van der Waals surface area contributed by atoms with E-state index in [0.29, 0.717) is 0 Å². The molecule has 1 aromatic heterocycles. The van der Waals surface area contributed by atoms with Crippen LogP contribution in [-0.4, -0.2) is 21.7 Å². The lowest BCUT2D eigenvalue weighted by Crippen LogP contribution is -2.44. The first-order chi connectivity index (χ1) is 9.76. The molecule has 0 aliphatic carbocycles. The van der Waals surface area contributed by atoms with Crippen LogP contribution in [-0.2, 0) is 24.3 Å². The standard InChI is InChI=1S/C15H18N4O/c1-2-19-10-13(9-17-19)18-15(20)14-7-11-5-3-4-6-12(11)8-16-14/h3-6,9-10,14,16H,2,7-8H2,1H3,(H,18,20)/t14-/m1/s1. The number of nitrogens with one attached hydrogen (secondary N) is 2. The fraction of sp³-hybridized carbons (Fsp3) is 0.333. The van der Waals surface area contributed by atoms with Crippen LogP contribution >= 0.6 is 0 Å². The number of hydrogen-bond donors (Lipinski definition) is 2. The van der Waals surface area contributed by atoms with Crippen LogP contribution in [0.3, 0.4) is 0 Å². The molecule has 104 valence electrons. The highest BCUT2D eigenvalue weighted by atomic mass is 16.2. The van der Waals surface area contributed by atoms with Crippen molar-refractivity contribution in [2.75, 3.05) is 5.32 Å². The molecule has 5 nitrogen and oxygen atoms in total. The zero-order chi connectivity index (χ0) is 13.9. The van der Waals surface area contributed by atoms with Gasteiger partial charge in [0.05, 0.1) is 17.9 Å². The van der Waals surface area contributed by atoms with Crippen molar-refractivity contribution in [3.8, 4) is 0 Å². The number of aromatic nitrogens is 2. The van der Waals surface area contributed by atoms with Gasteiger partial charge in [-0.15, -0.1) is 0 Å². The third kappa shape index (κ3) is 2.58. The molecule has 1 aliphatic heterocycles. The van der Waals surface area contributed by atoms with E-state index in [1.54, 1.807) is 10.9 Å². The summed E-state index contributed by atoms with van der Waals surface area (Å²) in [5.41, 5.74) is 3.27. The maximum Gasteiger partial charge on any atom is 0.241 e. The van der Waals surface area contributed by atoms with E-state index in [1.165, 1.54) is 11.1 Å². The van der Waals surface area contributed by atoms with Crippen molar-refractivity contribution in [2.45, 2.75) is 32.5 Å². The van der Waals surface area contributed by atoms with Crippen molar-refractivity contribution < 1.29 is 4.79 Å². The molecule has 0 fully saturated rings. The molecule has 2 aromatic rings. The summed E-state index contributed by atoms with van der Waals surface area (Å²) in [4.78, 5) is 12.3. The summed E-state index contributed by atoms with van der Waals surface area (Å²) in [6.07, 6.45) is 4.25. The molecule has 1 atom stereocenters. The largest absolute Gasteiger partial charge is 0.322 e. The highest BCUT2D eigenvalue weighted by molar-refractivity contribution is 5.95. The number of amides is 1. The average molecular weight is 270 g/mol. The first-order valence-corrected chi connectivity index (χ1v) is 6.89. The highest BCUT2D eigenvalue weighted by Gasteiger charge is 2.24. The first kappa shape index (κ1) is 12.9. The molecule has 1 aromatic carbocycles. The molecule has 0 spiro atoms. The van der Waals surface area contributed by atoms with Crippen LogP contribution in [0.5, 0.6) is 0 Å². The molecular formula is C15H18N4O. The Labute approximate surface area is 118 Å². The van der Waals surface area contributed by atoms with E-state index in [4.69, 9.17) is 0 Å². The van der Waals surface area contributed by atoms with Crippen LogP contribution in [0.15, 0.2) is 36.7 Å². The maximum atomic E-state index is 12.3. The predicted octanol–water partition coefficient (Wildman–Crippen LogP) is 1.56. The average Bonchev–Trinajstić information content (AvgIpc) is 2.94. The molecule has 1 amide bonds. The lowest BCUT2D eigenvalue weighted by atomic mass is 9.95. The van der Waals surface area contributed by atoms with Crippen molar-refractivity contribution in [2.24, 2.45) is 0 Å². The second-order valence-corrected chi connectivity index (χ2v) is 4.98. The highest BCUT2D eigenvalue weighted by Crippen LogP contribution is 2.17. The van der Waals surface area contributed by atoms with E-state index in [0.717, 1.165) is 25.2 Å². The van der Waals surface area contributed by atoms with Gasteiger partial charge in [0.15, 0.2) is 0 Å². The van der Waals surface area contributed by atoms with E-state index in [1.807, 2.05) is 25.3 Å². The van der Waals surface area contributed by atoms with Crippen LogP contribution in [0.2, 0.25) is 0 Å². The van der Waals surface area contributed by atoms with Crippen molar-refractivity contribution >= 4 is 11.6 Å². The van der Waals surface area contributed by atoms with Crippen LogP contribution in [0.1, 0.15) is 18.1 Å². The summed E-state index contributed by atoms with van der Waals surface area (Å²) in [5.74, 6) is -0.00449. The minimum Gasteiger partial charge on any atom is -0.322 e. The normalized spacial score (nSPS) is 17.6. The quantitative estimate of drug-likeness (QED) is 0.889. The van der Waals surface area contributed by atoms with Crippen LogP contribution in [0, 0.1) is 0 Å². The van der Waals surface area contributed by atoms with Crippen molar-refractivity contribution in [3.63, 3.8) is 0 Å². The summed E-state index contributed by atoms with van der Waals surface area (Å²) >= 11 is 0. The Morgan fingerprint density at radius 1 is 1.45 bits per heavy atom. The molecule has 2 heterocycles. The molecule has 3 rings (SSSR count). The Hall–Kier alpha value is -2.14. The predicted molar refractivity (Wildman–Crippen MR) is 77.3 cm³/mol. The summed E-state index contributed by atoms with van der Waals surface area (Å²) in [6, 6.07) is 8.05. The van der Waals surface area contributed by atoms with E-state index in [-0.39, 0.29) is 11.9 Å². The molecule has 0 radical (unpaired) electrons. The second kappa shape index (κ2) is 5.46. The van der Waals surface area contributed by atoms with Gasteiger partial charge in [0.2, 0.25) is 5.91 Å². The van der Waals surface area contributed by atoms with Gasteiger partial charge in [0, 0.05) is 19.3 Å². The summed E-state index contributed by atoms with van der Waals surface area (Å²) in [6.45, 7) is 3.55. The topological polar surface area (TPSA) is 59.0 Å². The van der Waals surface area contributed by atoms with Gasteiger partial charge < -0.3 is 10.6 Å². The van der Waals surface area contributed by atoms with Gasteiger partial charge in [-0.1, -0.05) is 24.3 Å². The zero-order valence-corrected chi connectivity index (χ0v) is 11.5. The zero-order valence-electron chi connectivity index (χ0n) is 11.5. The van der Waals surface area contributed by atoms with Crippen molar-refractivity contribution in [1.82, 2.24) is 15.1 Å². The number of benzene rings is 1. The Morgan fingerprint density at radius 3 is 3.00 bits per heavy atom. The van der Waals surface area contributed by atoms with Gasteiger partial charge in [0.1, 0.15) is 0 Å². The van der Waals surface area contributed by atoms with Gasteiger partial charge >= 0.3 is 0 Å². The van der Waals surface area contributed by atoms with E-state index >= 15 is 0 Å². The lowest BCUT2D eigenvalue weighted by Gasteiger charge is -2.25. The number of carbonyl (C=O) groups is 1. The van der Waals surface area contributed by atoms with Crippen LogP contribution in [0.4, 0.5) is 5.69 Å². The number of carbonyl (C=O) groups excluding carboxylic acids is 1. The lowest BCUT2D eigenvalue weighted by molar-refractivity contribution is -0.118. The van der Waals surface area contributed by atoms with Crippen LogP contribution < -0.4 is 10.6 Å². The van der Waals surface area contributed by atoms with Crippen molar-refractivity contribution in [1.29, 1.82) is 0 Å². The summed E-state index contributed by atoms with van der Waals surface area (Å²) in [5, 5.41) is 10.3. The number of hydrogen-bond acceptors (Lipinski definition) is 3. The number of aryl methyl sites for hydroxylation is 1. The van der Waals surface area contributed by atoms with Gasteiger partial charge in [-0.2, -0.15) is 5.10 Å². The van der Waals surface area contributed by atoms with E-state index in [2.05, 4.69) is 27.9 Å². The number of rotatable bonds is 3. The minimum atomic E-state index is -0.185. The van der Waals surface area contributed by atoms with Crippen LogP contribution in [0.25, 0.3) is 0 Å². The van der Waals surface area contributed by atoms with E-state index < -0.39 is 0 Å². The molecule has 0 saturated heterocycles. The minimum absolute atomic E-state index is 0.00449. The molecule has 20 heavy (non-hydrogen) atoms. The Morgan fingerprint density at radius 2 is 2.25 bits per heavy atom. The van der Waals surface area contributed by atoms with Gasteiger partial charge in [-0.05, 0) is 24.5 Å². The molecule has 0 saturated carbocycles. The monoisotopic (exact) mass is 270 g/mol. The maximum absolute atomic E-state index is 12.3. The van der Waals surface area contributed by atoms with Gasteiger partial charge in [0.25, 0.3) is 0 Å². The molecule has 5 heteroatoms. The Kier molecular flexibility index (Phi) is 3.52. The Balaban J connectivity index is 1.67. The molecule has 0 unspecified atom stereocenters. The molecule has 1 aliphatic rings. The second-order valence-electron chi connectivity index (χ2n) is 4.98. The fourth-order valence-corrected chi connectivity index (χ4v) is 2.47. The molecule has 2 N–H and O–H groups in total.